The fraction of sp³-hybridized carbons (Fsp3) is 0.500. The van der Waals surface area contributed by atoms with Crippen LogP contribution in [0.4, 0.5) is 4.39 Å². The Morgan fingerprint density at radius 1 is 1.83 bits per heavy atom. The van der Waals surface area contributed by atoms with Crippen molar-refractivity contribution in [2.75, 3.05) is 0 Å². The summed E-state index contributed by atoms with van der Waals surface area (Å²) in [5.41, 5.74) is 1.25. The molecule has 0 saturated heterocycles. The van der Waals surface area contributed by atoms with E-state index in [-0.39, 0.29) is 5.92 Å². The quantitative estimate of drug-likeness (QED) is 0.619. The van der Waals surface area contributed by atoms with E-state index in [1.54, 1.807) is 11.7 Å². The third-order valence-electron chi connectivity index (χ3n) is 2.21. The summed E-state index contributed by atoms with van der Waals surface area (Å²) in [6.07, 6.45) is 1.96. The summed E-state index contributed by atoms with van der Waals surface area (Å²) in [6, 6.07) is 0. The predicted molar refractivity (Wildman–Crippen MR) is 40.8 cm³/mol. The van der Waals surface area contributed by atoms with Gasteiger partial charge in [0, 0.05) is 13.0 Å². The summed E-state index contributed by atoms with van der Waals surface area (Å²) in [7, 11) is 1.73. The largest absolute Gasteiger partial charge is 0.298 e. The average Bonchev–Trinajstić information content (AvgIpc) is 2.62. The van der Waals surface area contributed by atoms with E-state index >= 15 is 0 Å². The molecule has 2 atom stereocenters. The van der Waals surface area contributed by atoms with E-state index in [9.17, 15) is 9.18 Å². The second-order valence-corrected chi connectivity index (χ2v) is 3.08. The smallest absolute Gasteiger partial charge is 0.153 e. The standard InChI is InChI=1S/C8H9FN2O/c1-11-8(6-2-7(6)9)5(4-12)3-10-11/h3-4,6-7H,2H2,1H3. The van der Waals surface area contributed by atoms with Gasteiger partial charge in [0.05, 0.1) is 17.5 Å². The van der Waals surface area contributed by atoms with Crippen LogP contribution in [0.3, 0.4) is 0 Å². The van der Waals surface area contributed by atoms with Crippen LogP contribution in [0.2, 0.25) is 0 Å². The Bertz CT molecular complexity index is 321. The van der Waals surface area contributed by atoms with Crippen molar-refractivity contribution >= 4 is 6.29 Å². The molecule has 1 fully saturated rings. The Morgan fingerprint density at radius 2 is 2.50 bits per heavy atom. The number of aldehydes is 1. The number of halogens is 1. The van der Waals surface area contributed by atoms with Gasteiger partial charge >= 0.3 is 0 Å². The van der Waals surface area contributed by atoms with Gasteiger partial charge < -0.3 is 0 Å². The van der Waals surface area contributed by atoms with Crippen molar-refractivity contribution in [3.8, 4) is 0 Å². The van der Waals surface area contributed by atoms with Crippen molar-refractivity contribution in [1.82, 2.24) is 9.78 Å². The second-order valence-electron chi connectivity index (χ2n) is 3.08. The zero-order valence-corrected chi connectivity index (χ0v) is 6.70. The summed E-state index contributed by atoms with van der Waals surface area (Å²) in [5.74, 6) is -0.0994. The van der Waals surface area contributed by atoms with Crippen LogP contribution in [0.25, 0.3) is 0 Å². The number of hydrogen-bond acceptors (Lipinski definition) is 2. The minimum atomic E-state index is -0.779. The van der Waals surface area contributed by atoms with Gasteiger partial charge in [0.1, 0.15) is 6.17 Å². The van der Waals surface area contributed by atoms with Gasteiger partial charge in [-0.05, 0) is 6.42 Å². The third-order valence-corrected chi connectivity index (χ3v) is 2.21. The maximum Gasteiger partial charge on any atom is 0.153 e. The van der Waals surface area contributed by atoms with Gasteiger partial charge in [0.15, 0.2) is 6.29 Å². The van der Waals surface area contributed by atoms with Gasteiger partial charge in [-0.25, -0.2) is 4.39 Å². The fourth-order valence-corrected chi connectivity index (χ4v) is 1.46. The molecule has 4 heteroatoms. The van der Waals surface area contributed by atoms with Crippen LogP contribution in [0.15, 0.2) is 6.20 Å². The van der Waals surface area contributed by atoms with Gasteiger partial charge in [-0.3, -0.25) is 9.48 Å². The van der Waals surface area contributed by atoms with Gasteiger partial charge in [-0.15, -0.1) is 0 Å². The molecule has 0 bridgehead atoms. The summed E-state index contributed by atoms with van der Waals surface area (Å²) in [5, 5.41) is 3.90. The molecule has 1 heterocycles. The highest BCUT2D eigenvalue weighted by Crippen LogP contribution is 2.44. The molecule has 1 aliphatic rings. The van der Waals surface area contributed by atoms with Gasteiger partial charge in [-0.1, -0.05) is 0 Å². The second kappa shape index (κ2) is 2.40. The normalized spacial score (nSPS) is 27.2. The molecule has 0 amide bonds. The molecule has 2 unspecified atom stereocenters. The highest BCUT2D eigenvalue weighted by molar-refractivity contribution is 5.76. The number of nitrogens with zero attached hydrogens (tertiary/aromatic N) is 2. The number of carbonyl (C=O) groups excluding carboxylic acids is 1. The number of carbonyl (C=O) groups is 1. The predicted octanol–water partition coefficient (Wildman–Crippen LogP) is 1.06. The molecule has 1 aromatic heterocycles. The molecule has 64 valence electrons. The van der Waals surface area contributed by atoms with Crippen LogP contribution < -0.4 is 0 Å². The lowest BCUT2D eigenvalue weighted by Gasteiger charge is -1.98. The van der Waals surface area contributed by atoms with Gasteiger partial charge in [0.25, 0.3) is 0 Å². The molecule has 12 heavy (non-hydrogen) atoms. The van der Waals surface area contributed by atoms with E-state index in [0.29, 0.717) is 12.0 Å². The monoisotopic (exact) mass is 168 g/mol. The third kappa shape index (κ3) is 0.948. The molecule has 0 N–H and O–H groups in total. The van der Waals surface area contributed by atoms with E-state index in [0.717, 1.165) is 12.0 Å². The molecule has 3 nitrogen and oxygen atoms in total. The van der Waals surface area contributed by atoms with Crippen molar-refractivity contribution in [3.63, 3.8) is 0 Å². The first-order valence-electron chi connectivity index (χ1n) is 3.85. The average molecular weight is 168 g/mol. The molecular weight excluding hydrogens is 159 g/mol. The lowest BCUT2D eigenvalue weighted by molar-refractivity contribution is 0.112. The molecule has 0 spiro atoms. The van der Waals surface area contributed by atoms with Crippen LogP contribution in [0.5, 0.6) is 0 Å². The van der Waals surface area contributed by atoms with Gasteiger partial charge in [-0.2, -0.15) is 5.10 Å². The Labute approximate surface area is 69.2 Å². The number of aromatic nitrogens is 2. The van der Waals surface area contributed by atoms with E-state index in [1.807, 2.05) is 0 Å². The highest BCUT2D eigenvalue weighted by Gasteiger charge is 2.42. The first-order chi connectivity index (χ1) is 5.74. The number of hydrogen-bond donors (Lipinski definition) is 0. The molecule has 1 saturated carbocycles. The molecule has 2 rings (SSSR count). The fourth-order valence-electron chi connectivity index (χ4n) is 1.46. The molecule has 0 radical (unpaired) electrons. The Hall–Kier alpha value is -1.19. The minimum absolute atomic E-state index is 0.0994. The minimum Gasteiger partial charge on any atom is -0.298 e. The Morgan fingerprint density at radius 3 is 3.00 bits per heavy atom. The number of aryl methyl sites for hydroxylation is 1. The van der Waals surface area contributed by atoms with Crippen LogP contribution >= 0.6 is 0 Å². The van der Waals surface area contributed by atoms with E-state index < -0.39 is 6.17 Å². The van der Waals surface area contributed by atoms with Crippen LogP contribution in [0.1, 0.15) is 28.4 Å². The topological polar surface area (TPSA) is 34.9 Å². The van der Waals surface area contributed by atoms with Crippen molar-refractivity contribution in [2.24, 2.45) is 7.05 Å². The first-order valence-corrected chi connectivity index (χ1v) is 3.85. The number of rotatable bonds is 2. The zero-order chi connectivity index (χ0) is 8.72. The number of alkyl halides is 1. The maximum atomic E-state index is 12.7. The summed E-state index contributed by atoms with van der Waals surface area (Å²) >= 11 is 0. The highest BCUT2D eigenvalue weighted by atomic mass is 19.1. The Kier molecular flexibility index (Phi) is 1.49. The van der Waals surface area contributed by atoms with Crippen molar-refractivity contribution in [2.45, 2.75) is 18.5 Å². The maximum absolute atomic E-state index is 12.7. The van der Waals surface area contributed by atoms with Crippen LogP contribution in [-0.2, 0) is 7.05 Å². The van der Waals surface area contributed by atoms with Crippen molar-refractivity contribution in [1.29, 1.82) is 0 Å². The lowest BCUT2D eigenvalue weighted by atomic mass is 10.2. The van der Waals surface area contributed by atoms with Crippen molar-refractivity contribution in [3.05, 3.63) is 17.5 Å². The molecule has 0 aromatic carbocycles. The zero-order valence-electron chi connectivity index (χ0n) is 6.70. The molecule has 1 aliphatic carbocycles. The van der Waals surface area contributed by atoms with Crippen LogP contribution in [0, 0.1) is 0 Å². The summed E-state index contributed by atoms with van der Waals surface area (Å²) in [4.78, 5) is 10.5. The van der Waals surface area contributed by atoms with E-state index in [2.05, 4.69) is 5.10 Å². The Balaban J connectivity index is 2.39. The molecule has 0 aliphatic heterocycles. The first kappa shape index (κ1) is 7.46. The van der Waals surface area contributed by atoms with E-state index in [1.165, 1.54) is 6.20 Å². The van der Waals surface area contributed by atoms with Crippen molar-refractivity contribution < 1.29 is 9.18 Å². The molecule has 1 aromatic rings. The summed E-state index contributed by atoms with van der Waals surface area (Å²) < 4.78 is 14.3. The lowest BCUT2D eigenvalue weighted by Crippen LogP contribution is -1.99. The van der Waals surface area contributed by atoms with Gasteiger partial charge in [0.2, 0.25) is 0 Å². The van der Waals surface area contributed by atoms with E-state index in [4.69, 9.17) is 0 Å². The molecular formula is C8H9FN2O. The van der Waals surface area contributed by atoms with Crippen LogP contribution in [-0.4, -0.2) is 22.2 Å². The SMILES string of the molecule is Cn1ncc(C=O)c1C1CC1F. The summed E-state index contributed by atoms with van der Waals surface area (Å²) in [6.45, 7) is 0.